The van der Waals surface area contributed by atoms with Gasteiger partial charge in [-0.1, -0.05) is 92.2 Å². The maximum absolute atomic E-state index is 6.41. The third kappa shape index (κ3) is 2.95. The van der Waals surface area contributed by atoms with Crippen LogP contribution in [0.4, 0.5) is 11.4 Å². The van der Waals surface area contributed by atoms with Crippen LogP contribution in [0.1, 0.15) is 25.0 Å². The van der Waals surface area contributed by atoms with E-state index < -0.39 is 0 Å². The molecule has 0 aromatic heterocycles. The van der Waals surface area contributed by atoms with E-state index in [1.54, 1.807) is 0 Å². The maximum Gasteiger partial charge on any atom is 0.0640 e. The van der Waals surface area contributed by atoms with Gasteiger partial charge in [0.15, 0.2) is 0 Å². The van der Waals surface area contributed by atoms with E-state index in [0.717, 1.165) is 16.4 Å². The molecule has 0 heterocycles. The highest BCUT2D eigenvalue weighted by molar-refractivity contribution is 6.33. The normalized spacial score (nSPS) is 13.8. The van der Waals surface area contributed by atoms with Gasteiger partial charge in [-0.05, 0) is 91.0 Å². The average Bonchev–Trinajstić information content (AvgIpc) is 3.10. The summed E-state index contributed by atoms with van der Waals surface area (Å²) in [5.41, 5.74) is 7.24. The fraction of sp³-hybridized carbons (Fsp3) is 0.0909. The Balaban J connectivity index is 1.48. The molecule has 6 aromatic rings. The molecule has 6 aromatic carbocycles. The van der Waals surface area contributed by atoms with Crippen molar-refractivity contribution in [2.45, 2.75) is 19.3 Å². The monoisotopic (exact) mass is 469 g/mol. The molecule has 0 unspecified atom stereocenters. The zero-order chi connectivity index (χ0) is 23.7. The van der Waals surface area contributed by atoms with Crippen LogP contribution in [0.3, 0.4) is 0 Å². The Morgan fingerprint density at radius 3 is 1.74 bits per heavy atom. The molecule has 1 N–H and O–H groups in total. The van der Waals surface area contributed by atoms with Gasteiger partial charge in [-0.25, -0.2) is 0 Å². The number of para-hydroxylation sites is 1. The molecule has 168 valence electrons. The highest BCUT2D eigenvalue weighted by Gasteiger charge is 2.36. The van der Waals surface area contributed by atoms with Crippen molar-refractivity contribution in [1.29, 1.82) is 0 Å². The van der Waals surface area contributed by atoms with Crippen LogP contribution in [0.5, 0.6) is 0 Å². The molecular weight excluding hydrogens is 446 g/mol. The van der Waals surface area contributed by atoms with Crippen molar-refractivity contribution < 1.29 is 0 Å². The smallest absolute Gasteiger partial charge is 0.0640 e. The van der Waals surface area contributed by atoms with E-state index in [9.17, 15) is 0 Å². The molecule has 0 fully saturated rings. The molecule has 1 aliphatic rings. The van der Waals surface area contributed by atoms with Crippen LogP contribution in [0.2, 0.25) is 5.02 Å². The Kier molecular flexibility index (Phi) is 4.31. The quantitative estimate of drug-likeness (QED) is 0.249. The minimum absolute atomic E-state index is 0.107. The van der Waals surface area contributed by atoms with Gasteiger partial charge in [0.05, 0.1) is 10.7 Å². The van der Waals surface area contributed by atoms with Gasteiger partial charge in [0.1, 0.15) is 0 Å². The Bertz CT molecular complexity index is 1810. The van der Waals surface area contributed by atoms with Gasteiger partial charge in [0, 0.05) is 11.1 Å². The number of fused-ring (bicyclic) bond motifs is 9. The van der Waals surface area contributed by atoms with Crippen molar-refractivity contribution in [2.24, 2.45) is 0 Å². The van der Waals surface area contributed by atoms with Gasteiger partial charge in [-0.3, -0.25) is 0 Å². The van der Waals surface area contributed by atoms with Crippen LogP contribution in [0, 0.1) is 0 Å². The molecule has 0 saturated carbocycles. The molecule has 0 spiro atoms. The molecule has 0 saturated heterocycles. The van der Waals surface area contributed by atoms with E-state index >= 15 is 0 Å². The van der Waals surface area contributed by atoms with Crippen molar-refractivity contribution >= 4 is 55.3 Å². The van der Waals surface area contributed by atoms with Crippen LogP contribution in [0.25, 0.3) is 43.4 Å². The molecule has 0 atom stereocenters. The maximum atomic E-state index is 6.41. The fourth-order valence-electron chi connectivity index (χ4n) is 5.93. The lowest BCUT2D eigenvalue weighted by Gasteiger charge is -2.23. The third-order valence-corrected chi connectivity index (χ3v) is 8.02. The van der Waals surface area contributed by atoms with Crippen LogP contribution >= 0.6 is 11.6 Å². The van der Waals surface area contributed by atoms with E-state index in [0.29, 0.717) is 0 Å². The van der Waals surface area contributed by atoms with Crippen LogP contribution in [-0.2, 0) is 5.41 Å². The second-order valence-corrected chi connectivity index (χ2v) is 10.4. The van der Waals surface area contributed by atoms with Gasteiger partial charge in [0.2, 0.25) is 0 Å². The number of benzene rings is 6. The number of hydrogen-bond acceptors (Lipinski definition) is 1. The van der Waals surface area contributed by atoms with E-state index in [-0.39, 0.29) is 5.41 Å². The zero-order valence-corrected chi connectivity index (χ0v) is 20.4. The van der Waals surface area contributed by atoms with E-state index in [1.807, 2.05) is 24.3 Å². The Labute approximate surface area is 210 Å². The highest BCUT2D eigenvalue weighted by atomic mass is 35.5. The number of nitrogens with one attached hydrogen (secondary N) is 1. The van der Waals surface area contributed by atoms with Crippen LogP contribution in [-0.4, -0.2) is 0 Å². The minimum atomic E-state index is -0.107. The SMILES string of the molecule is CC1(C)c2cc(Nc3ccccc3Cl)ccc2-c2cc3c4ccccc4c4ccccc4c3cc21. The lowest BCUT2D eigenvalue weighted by atomic mass is 9.81. The summed E-state index contributed by atoms with van der Waals surface area (Å²) < 4.78 is 0. The summed E-state index contributed by atoms with van der Waals surface area (Å²) >= 11 is 6.41. The largest absolute Gasteiger partial charge is 0.354 e. The Hall–Kier alpha value is -3.81. The lowest BCUT2D eigenvalue weighted by Crippen LogP contribution is -2.15. The summed E-state index contributed by atoms with van der Waals surface area (Å²) in [6, 6.07) is 37.1. The topological polar surface area (TPSA) is 12.0 Å². The molecule has 0 bridgehead atoms. The zero-order valence-electron chi connectivity index (χ0n) is 19.7. The van der Waals surface area contributed by atoms with Crippen molar-refractivity contribution in [3.8, 4) is 11.1 Å². The van der Waals surface area contributed by atoms with Gasteiger partial charge in [-0.2, -0.15) is 0 Å². The van der Waals surface area contributed by atoms with Gasteiger partial charge in [0.25, 0.3) is 0 Å². The number of hydrogen-bond donors (Lipinski definition) is 1. The molecule has 7 rings (SSSR count). The molecule has 35 heavy (non-hydrogen) atoms. The second-order valence-electron chi connectivity index (χ2n) is 10.0. The fourth-order valence-corrected chi connectivity index (χ4v) is 6.11. The summed E-state index contributed by atoms with van der Waals surface area (Å²) in [4.78, 5) is 0. The summed E-state index contributed by atoms with van der Waals surface area (Å²) in [5.74, 6) is 0. The average molecular weight is 470 g/mol. The Morgan fingerprint density at radius 1 is 0.543 bits per heavy atom. The summed E-state index contributed by atoms with van der Waals surface area (Å²) in [6.07, 6.45) is 0. The Morgan fingerprint density at radius 2 is 1.09 bits per heavy atom. The van der Waals surface area contributed by atoms with Crippen LogP contribution in [0.15, 0.2) is 103 Å². The predicted octanol–water partition coefficient (Wildman–Crippen LogP) is 9.85. The molecule has 1 nitrogen and oxygen atoms in total. The van der Waals surface area contributed by atoms with E-state index in [1.165, 1.54) is 54.6 Å². The molecule has 0 radical (unpaired) electrons. The summed E-state index contributed by atoms with van der Waals surface area (Å²) in [6.45, 7) is 4.68. The molecular formula is C33H24ClN. The van der Waals surface area contributed by atoms with E-state index in [2.05, 4.69) is 98.0 Å². The van der Waals surface area contributed by atoms with Gasteiger partial charge in [-0.15, -0.1) is 0 Å². The lowest BCUT2D eigenvalue weighted by molar-refractivity contribution is 0.661. The van der Waals surface area contributed by atoms with Crippen LogP contribution < -0.4 is 5.32 Å². The van der Waals surface area contributed by atoms with Crippen molar-refractivity contribution in [3.05, 3.63) is 119 Å². The van der Waals surface area contributed by atoms with Crippen molar-refractivity contribution in [1.82, 2.24) is 0 Å². The molecule has 0 aliphatic heterocycles. The minimum Gasteiger partial charge on any atom is -0.354 e. The third-order valence-electron chi connectivity index (χ3n) is 7.69. The van der Waals surface area contributed by atoms with Gasteiger partial charge < -0.3 is 5.32 Å². The highest BCUT2D eigenvalue weighted by Crippen LogP contribution is 2.52. The first-order chi connectivity index (χ1) is 17.0. The van der Waals surface area contributed by atoms with Gasteiger partial charge >= 0.3 is 0 Å². The number of rotatable bonds is 2. The molecule has 1 aliphatic carbocycles. The number of anilines is 2. The summed E-state index contributed by atoms with van der Waals surface area (Å²) in [7, 11) is 0. The molecule has 0 amide bonds. The second kappa shape index (κ2) is 7.34. The standard InChI is InChI=1S/C33H24ClN/c1-33(2)29-17-20(35-32-14-8-7-13-31(32)34)15-16-25(29)28-18-26-23-11-5-3-9-21(23)22-10-4-6-12-24(22)27(26)19-30(28)33/h3-19,35H,1-2H3. The number of halogens is 1. The first-order valence-corrected chi connectivity index (χ1v) is 12.4. The van der Waals surface area contributed by atoms with Crippen molar-refractivity contribution in [3.63, 3.8) is 0 Å². The van der Waals surface area contributed by atoms with Crippen molar-refractivity contribution in [2.75, 3.05) is 5.32 Å². The predicted molar refractivity (Wildman–Crippen MR) is 151 cm³/mol. The first-order valence-electron chi connectivity index (χ1n) is 12.1. The first kappa shape index (κ1) is 20.6. The molecule has 2 heteroatoms. The van der Waals surface area contributed by atoms with E-state index in [4.69, 9.17) is 11.6 Å². The summed E-state index contributed by atoms with van der Waals surface area (Å²) in [5, 5.41) is 12.1.